The molecule has 1 aliphatic carbocycles. The van der Waals surface area contributed by atoms with Crippen molar-refractivity contribution in [3.63, 3.8) is 0 Å². The molecule has 20 heavy (non-hydrogen) atoms. The van der Waals surface area contributed by atoms with Crippen LogP contribution in [-0.4, -0.2) is 10.1 Å². The summed E-state index contributed by atoms with van der Waals surface area (Å²) in [6.07, 6.45) is 6.47. The Morgan fingerprint density at radius 2 is 2.35 bits per heavy atom. The number of phenols is 1. The van der Waals surface area contributed by atoms with Gasteiger partial charge in [0.1, 0.15) is 10.8 Å². The van der Waals surface area contributed by atoms with Gasteiger partial charge in [0.25, 0.3) is 0 Å². The first-order valence-electron chi connectivity index (χ1n) is 7.25. The standard InChI is InChI=1S/C16H20N2OS/c1-2-13-9-18-16(20-13)10-17-15-5-3-4-11-6-7-12(19)8-14(11)15/h6-9,15,17,19H,2-5,10H2,1H3/t15-/m1/s1. The molecular weight excluding hydrogens is 268 g/mol. The molecule has 4 heteroatoms. The quantitative estimate of drug-likeness (QED) is 0.904. The predicted molar refractivity (Wildman–Crippen MR) is 82.1 cm³/mol. The van der Waals surface area contributed by atoms with Crippen molar-refractivity contribution in [1.82, 2.24) is 10.3 Å². The number of phenolic OH excluding ortho intramolecular Hbond substituents is 1. The maximum atomic E-state index is 9.69. The lowest BCUT2D eigenvalue weighted by atomic mass is 9.87. The summed E-state index contributed by atoms with van der Waals surface area (Å²) in [5.74, 6) is 0.361. The number of aromatic nitrogens is 1. The second-order valence-corrected chi connectivity index (χ2v) is 6.48. The molecule has 2 N–H and O–H groups in total. The first-order valence-corrected chi connectivity index (χ1v) is 8.06. The lowest BCUT2D eigenvalue weighted by molar-refractivity contribution is 0.445. The normalized spacial score (nSPS) is 17.9. The third-order valence-electron chi connectivity index (χ3n) is 3.89. The highest BCUT2D eigenvalue weighted by atomic mass is 32.1. The highest BCUT2D eigenvalue weighted by Crippen LogP contribution is 2.32. The molecule has 3 rings (SSSR count). The molecule has 0 spiro atoms. The molecule has 1 aliphatic rings. The molecule has 1 aromatic heterocycles. The zero-order chi connectivity index (χ0) is 13.9. The third kappa shape index (κ3) is 2.86. The maximum Gasteiger partial charge on any atom is 0.115 e. The summed E-state index contributed by atoms with van der Waals surface area (Å²) in [6.45, 7) is 2.97. The van der Waals surface area contributed by atoms with Gasteiger partial charge in [0.2, 0.25) is 0 Å². The number of fused-ring (bicyclic) bond motifs is 1. The van der Waals surface area contributed by atoms with E-state index in [0.717, 1.165) is 30.8 Å². The maximum absolute atomic E-state index is 9.69. The van der Waals surface area contributed by atoms with Gasteiger partial charge in [-0.1, -0.05) is 13.0 Å². The number of hydrogen-bond donors (Lipinski definition) is 2. The molecule has 1 atom stereocenters. The zero-order valence-corrected chi connectivity index (χ0v) is 12.5. The number of thiazole rings is 1. The SMILES string of the molecule is CCc1cnc(CN[C@@H]2CCCc3ccc(O)cc32)s1. The van der Waals surface area contributed by atoms with Gasteiger partial charge in [-0.25, -0.2) is 4.98 Å². The van der Waals surface area contributed by atoms with Gasteiger partial charge < -0.3 is 10.4 Å². The van der Waals surface area contributed by atoms with Crippen LogP contribution in [0.4, 0.5) is 0 Å². The zero-order valence-electron chi connectivity index (χ0n) is 11.7. The highest BCUT2D eigenvalue weighted by molar-refractivity contribution is 7.11. The minimum absolute atomic E-state index is 0.333. The van der Waals surface area contributed by atoms with Gasteiger partial charge in [-0.2, -0.15) is 0 Å². The lowest BCUT2D eigenvalue weighted by Gasteiger charge is -2.26. The first-order chi connectivity index (χ1) is 9.76. The first kappa shape index (κ1) is 13.6. The number of nitrogens with one attached hydrogen (secondary N) is 1. The van der Waals surface area contributed by atoms with Crippen molar-refractivity contribution in [2.75, 3.05) is 0 Å². The molecule has 0 unspecified atom stereocenters. The van der Waals surface area contributed by atoms with Crippen molar-refractivity contribution in [2.24, 2.45) is 0 Å². The largest absolute Gasteiger partial charge is 0.508 e. The molecule has 106 valence electrons. The Labute approximate surface area is 123 Å². The van der Waals surface area contributed by atoms with E-state index in [0.29, 0.717) is 11.8 Å². The monoisotopic (exact) mass is 288 g/mol. The molecule has 0 amide bonds. The summed E-state index contributed by atoms with van der Waals surface area (Å²) in [7, 11) is 0. The Hall–Kier alpha value is -1.39. The summed E-state index contributed by atoms with van der Waals surface area (Å²) >= 11 is 1.78. The molecule has 3 nitrogen and oxygen atoms in total. The van der Waals surface area contributed by atoms with Gasteiger partial charge in [-0.05, 0) is 48.9 Å². The van der Waals surface area contributed by atoms with E-state index in [1.54, 1.807) is 17.4 Å². The van der Waals surface area contributed by atoms with E-state index in [1.165, 1.54) is 22.4 Å². The van der Waals surface area contributed by atoms with Crippen LogP contribution in [0.15, 0.2) is 24.4 Å². The van der Waals surface area contributed by atoms with E-state index in [-0.39, 0.29) is 0 Å². The smallest absolute Gasteiger partial charge is 0.115 e. The summed E-state index contributed by atoms with van der Waals surface area (Å²) in [6, 6.07) is 6.08. The predicted octanol–water partition coefficient (Wildman–Crippen LogP) is 3.58. The van der Waals surface area contributed by atoms with Crippen molar-refractivity contribution >= 4 is 11.3 Å². The Kier molecular flexibility index (Phi) is 4.03. The fourth-order valence-electron chi connectivity index (χ4n) is 2.80. The Balaban J connectivity index is 1.71. The van der Waals surface area contributed by atoms with Crippen LogP contribution >= 0.6 is 11.3 Å². The minimum atomic E-state index is 0.333. The van der Waals surface area contributed by atoms with Crippen molar-refractivity contribution in [3.8, 4) is 5.75 Å². The van der Waals surface area contributed by atoms with E-state index in [9.17, 15) is 5.11 Å². The summed E-state index contributed by atoms with van der Waals surface area (Å²) in [4.78, 5) is 5.79. The van der Waals surface area contributed by atoms with Crippen molar-refractivity contribution < 1.29 is 5.11 Å². The Morgan fingerprint density at radius 3 is 3.15 bits per heavy atom. The van der Waals surface area contributed by atoms with Crippen molar-refractivity contribution in [2.45, 2.75) is 45.2 Å². The van der Waals surface area contributed by atoms with E-state index >= 15 is 0 Å². The lowest BCUT2D eigenvalue weighted by Crippen LogP contribution is -2.24. The molecule has 1 aromatic carbocycles. The molecule has 0 fully saturated rings. The molecule has 0 saturated heterocycles. The number of aryl methyl sites for hydroxylation is 2. The Bertz CT molecular complexity index is 594. The van der Waals surface area contributed by atoms with Crippen LogP contribution in [0.3, 0.4) is 0 Å². The van der Waals surface area contributed by atoms with Crippen LogP contribution in [0.1, 0.15) is 46.8 Å². The number of rotatable bonds is 4. The third-order valence-corrected chi connectivity index (χ3v) is 5.04. The topological polar surface area (TPSA) is 45.2 Å². The average Bonchev–Trinajstić information content (AvgIpc) is 2.93. The van der Waals surface area contributed by atoms with Crippen molar-refractivity contribution in [1.29, 1.82) is 0 Å². The van der Waals surface area contributed by atoms with Crippen LogP contribution in [0, 0.1) is 0 Å². The van der Waals surface area contributed by atoms with E-state index < -0.39 is 0 Å². The highest BCUT2D eigenvalue weighted by Gasteiger charge is 2.20. The number of hydrogen-bond acceptors (Lipinski definition) is 4. The molecule has 1 heterocycles. The fourth-order valence-corrected chi connectivity index (χ4v) is 3.62. The Morgan fingerprint density at radius 1 is 1.45 bits per heavy atom. The van der Waals surface area contributed by atoms with Crippen LogP contribution in [0.5, 0.6) is 5.75 Å². The van der Waals surface area contributed by atoms with Crippen LogP contribution < -0.4 is 5.32 Å². The molecule has 0 saturated carbocycles. The van der Waals surface area contributed by atoms with Crippen LogP contribution in [0.2, 0.25) is 0 Å². The molecule has 0 radical (unpaired) electrons. The van der Waals surface area contributed by atoms with Crippen LogP contribution in [0.25, 0.3) is 0 Å². The molecule has 2 aromatic rings. The number of nitrogens with zero attached hydrogens (tertiary/aromatic N) is 1. The second-order valence-electron chi connectivity index (χ2n) is 5.28. The van der Waals surface area contributed by atoms with Gasteiger partial charge in [-0.15, -0.1) is 11.3 Å². The number of aromatic hydroxyl groups is 1. The summed E-state index contributed by atoms with van der Waals surface area (Å²) < 4.78 is 0. The second kappa shape index (κ2) is 5.94. The van der Waals surface area contributed by atoms with Crippen molar-refractivity contribution in [3.05, 3.63) is 45.4 Å². The van der Waals surface area contributed by atoms with E-state index in [2.05, 4.69) is 23.3 Å². The van der Waals surface area contributed by atoms with E-state index in [4.69, 9.17) is 0 Å². The summed E-state index contributed by atoms with van der Waals surface area (Å²) in [5.41, 5.74) is 2.61. The molecular formula is C16H20N2OS. The number of benzene rings is 1. The van der Waals surface area contributed by atoms with Gasteiger partial charge in [0, 0.05) is 23.7 Å². The van der Waals surface area contributed by atoms with E-state index in [1.807, 2.05) is 12.3 Å². The summed E-state index contributed by atoms with van der Waals surface area (Å²) in [5, 5.41) is 14.4. The van der Waals surface area contributed by atoms with Gasteiger partial charge >= 0.3 is 0 Å². The van der Waals surface area contributed by atoms with Gasteiger partial charge in [0.05, 0.1) is 0 Å². The van der Waals surface area contributed by atoms with Crippen LogP contribution in [-0.2, 0) is 19.4 Å². The molecule has 0 aliphatic heterocycles. The average molecular weight is 288 g/mol. The molecule has 0 bridgehead atoms. The fraction of sp³-hybridized carbons (Fsp3) is 0.438. The minimum Gasteiger partial charge on any atom is -0.508 e. The van der Waals surface area contributed by atoms with Gasteiger partial charge in [0.15, 0.2) is 0 Å². The van der Waals surface area contributed by atoms with Gasteiger partial charge in [-0.3, -0.25) is 0 Å².